The van der Waals surface area contributed by atoms with Crippen LogP contribution in [0, 0.1) is 13.8 Å². The van der Waals surface area contributed by atoms with Gasteiger partial charge in [0.15, 0.2) is 0 Å². The molecule has 0 aromatic carbocycles. The molecule has 2 rings (SSSR count). The average molecular weight is 266 g/mol. The van der Waals surface area contributed by atoms with Crippen molar-refractivity contribution in [1.82, 2.24) is 24.7 Å². The fourth-order valence-corrected chi connectivity index (χ4v) is 2.05. The van der Waals surface area contributed by atoms with Crippen LogP contribution in [0.2, 0.25) is 0 Å². The van der Waals surface area contributed by atoms with Gasteiger partial charge >= 0.3 is 0 Å². The topological polar surface area (TPSA) is 98.7 Å². The number of nitrogens with two attached hydrogens (primary N) is 1. The second-order valence-electron chi connectivity index (χ2n) is 3.93. The first-order chi connectivity index (χ1) is 8.56. The Morgan fingerprint density at radius 1 is 1.56 bits per heavy atom. The van der Waals surface area contributed by atoms with Crippen LogP contribution in [0.3, 0.4) is 0 Å². The molecule has 3 N–H and O–H groups in total. The molecular formula is C10H14N6OS. The summed E-state index contributed by atoms with van der Waals surface area (Å²) in [6.07, 6.45) is 0. The highest BCUT2D eigenvalue weighted by Crippen LogP contribution is 2.08. The van der Waals surface area contributed by atoms with Gasteiger partial charge in [0.1, 0.15) is 12.4 Å². The van der Waals surface area contributed by atoms with E-state index in [1.165, 1.54) is 16.2 Å². The van der Waals surface area contributed by atoms with Crippen LogP contribution >= 0.6 is 11.5 Å². The largest absolute Gasteiger partial charge is 0.384 e. The van der Waals surface area contributed by atoms with Gasteiger partial charge in [0.05, 0.1) is 22.8 Å². The van der Waals surface area contributed by atoms with E-state index in [2.05, 4.69) is 20.0 Å². The first kappa shape index (κ1) is 12.5. The maximum absolute atomic E-state index is 11.7. The van der Waals surface area contributed by atoms with Crippen LogP contribution in [0.5, 0.6) is 0 Å². The van der Waals surface area contributed by atoms with Gasteiger partial charge in [0, 0.05) is 6.07 Å². The molecule has 0 spiro atoms. The van der Waals surface area contributed by atoms with Gasteiger partial charge in [-0.15, -0.1) is 5.10 Å². The molecule has 0 bridgehead atoms. The predicted molar refractivity (Wildman–Crippen MR) is 67.9 cm³/mol. The zero-order valence-corrected chi connectivity index (χ0v) is 11.0. The van der Waals surface area contributed by atoms with E-state index >= 15 is 0 Å². The molecule has 0 fully saturated rings. The van der Waals surface area contributed by atoms with Gasteiger partial charge in [-0.05, 0) is 25.4 Å². The number of carbonyl (C=O) groups is 1. The lowest BCUT2D eigenvalue weighted by molar-refractivity contribution is -0.121. The lowest BCUT2D eigenvalue weighted by Gasteiger charge is -2.05. The average Bonchev–Trinajstić information content (AvgIpc) is 2.83. The first-order valence-corrected chi connectivity index (χ1v) is 6.18. The predicted octanol–water partition coefficient (Wildman–Crippen LogP) is 0.250. The van der Waals surface area contributed by atoms with Gasteiger partial charge in [-0.3, -0.25) is 4.79 Å². The molecule has 18 heavy (non-hydrogen) atoms. The normalized spacial score (nSPS) is 10.6. The van der Waals surface area contributed by atoms with Crippen molar-refractivity contribution in [2.75, 3.05) is 5.73 Å². The quantitative estimate of drug-likeness (QED) is 0.826. The molecule has 2 aromatic heterocycles. The zero-order valence-electron chi connectivity index (χ0n) is 10.2. The Balaban J connectivity index is 1.90. The van der Waals surface area contributed by atoms with E-state index in [1.807, 2.05) is 13.8 Å². The second-order valence-corrected chi connectivity index (χ2v) is 4.77. The molecule has 1 amide bonds. The van der Waals surface area contributed by atoms with Gasteiger partial charge in [-0.25, -0.2) is 4.68 Å². The standard InChI is InChI=1S/C10H14N6OS/c1-6-3-9(11)16(14-6)5-10(17)12-4-8-7(2)13-15-18-8/h3H,4-5,11H2,1-2H3,(H,12,17). The molecule has 0 aliphatic carbocycles. The Morgan fingerprint density at radius 3 is 2.89 bits per heavy atom. The fourth-order valence-electron chi connectivity index (χ4n) is 1.48. The van der Waals surface area contributed by atoms with Crippen LogP contribution < -0.4 is 11.1 Å². The summed E-state index contributed by atoms with van der Waals surface area (Å²) in [5.74, 6) is 0.343. The Bertz CT molecular complexity index is 560. The van der Waals surface area contributed by atoms with Crippen molar-refractivity contribution >= 4 is 23.3 Å². The number of hydrogen-bond donors (Lipinski definition) is 2. The highest BCUT2D eigenvalue weighted by molar-refractivity contribution is 7.05. The summed E-state index contributed by atoms with van der Waals surface area (Å²) in [6.45, 7) is 4.24. The van der Waals surface area contributed by atoms with Gasteiger partial charge in [-0.1, -0.05) is 4.49 Å². The number of nitrogens with zero attached hydrogens (tertiary/aromatic N) is 4. The monoisotopic (exact) mass is 266 g/mol. The minimum Gasteiger partial charge on any atom is -0.384 e. The summed E-state index contributed by atoms with van der Waals surface area (Å²) >= 11 is 1.28. The fraction of sp³-hybridized carbons (Fsp3) is 0.400. The van der Waals surface area contributed by atoms with Crippen molar-refractivity contribution in [3.05, 3.63) is 22.3 Å². The van der Waals surface area contributed by atoms with Gasteiger partial charge < -0.3 is 11.1 Å². The van der Waals surface area contributed by atoms with Crippen LogP contribution in [-0.4, -0.2) is 25.3 Å². The first-order valence-electron chi connectivity index (χ1n) is 5.40. The number of carbonyl (C=O) groups excluding carboxylic acids is 1. The summed E-state index contributed by atoms with van der Waals surface area (Å²) in [5, 5.41) is 10.8. The second kappa shape index (κ2) is 5.13. The number of nitrogen functional groups attached to an aromatic ring is 1. The lowest BCUT2D eigenvalue weighted by Crippen LogP contribution is -2.28. The van der Waals surface area contributed by atoms with E-state index in [1.54, 1.807) is 6.07 Å². The molecule has 0 saturated heterocycles. The number of amides is 1. The van der Waals surface area contributed by atoms with Crippen molar-refractivity contribution in [2.24, 2.45) is 0 Å². The number of aromatic nitrogens is 4. The van der Waals surface area contributed by atoms with E-state index in [9.17, 15) is 4.79 Å². The molecule has 0 radical (unpaired) electrons. The van der Waals surface area contributed by atoms with Crippen molar-refractivity contribution < 1.29 is 4.79 Å². The molecule has 0 saturated carbocycles. The van der Waals surface area contributed by atoms with Crippen LogP contribution in [0.1, 0.15) is 16.3 Å². The molecule has 0 aliphatic heterocycles. The summed E-state index contributed by atoms with van der Waals surface area (Å²) in [4.78, 5) is 12.7. The smallest absolute Gasteiger partial charge is 0.242 e. The van der Waals surface area contributed by atoms with Crippen LogP contribution in [-0.2, 0) is 17.9 Å². The van der Waals surface area contributed by atoms with E-state index in [4.69, 9.17) is 5.73 Å². The molecule has 7 nitrogen and oxygen atoms in total. The van der Waals surface area contributed by atoms with E-state index in [0.717, 1.165) is 16.3 Å². The highest BCUT2D eigenvalue weighted by atomic mass is 32.1. The van der Waals surface area contributed by atoms with Crippen LogP contribution in [0.4, 0.5) is 5.82 Å². The summed E-state index contributed by atoms with van der Waals surface area (Å²) in [6, 6.07) is 1.73. The third-order valence-corrected chi connectivity index (χ3v) is 3.24. The van der Waals surface area contributed by atoms with Crippen molar-refractivity contribution in [1.29, 1.82) is 0 Å². The molecule has 8 heteroatoms. The molecule has 0 unspecified atom stereocenters. The molecule has 2 aromatic rings. The number of nitrogens with one attached hydrogen (secondary N) is 1. The number of rotatable bonds is 4. The Hall–Kier alpha value is -1.96. The molecule has 96 valence electrons. The summed E-state index contributed by atoms with van der Waals surface area (Å²) in [5.41, 5.74) is 7.34. The third-order valence-electron chi connectivity index (χ3n) is 2.42. The van der Waals surface area contributed by atoms with E-state index in [0.29, 0.717) is 12.4 Å². The lowest BCUT2D eigenvalue weighted by atomic mass is 10.4. The van der Waals surface area contributed by atoms with Crippen molar-refractivity contribution in [2.45, 2.75) is 26.9 Å². The van der Waals surface area contributed by atoms with Gasteiger partial charge in [0.2, 0.25) is 5.91 Å². The summed E-state index contributed by atoms with van der Waals surface area (Å²) < 4.78 is 5.28. The van der Waals surface area contributed by atoms with Crippen molar-refractivity contribution in [3.63, 3.8) is 0 Å². The Kier molecular flexibility index (Phi) is 3.56. The number of aryl methyl sites for hydroxylation is 2. The van der Waals surface area contributed by atoms with E-state index < -0.39 is 0 Å². The van der Waals surface area contributed by atoms with Crippen LogP contribution in [0.15, 0.2) is 6.07 Å². The minimum absolute atomic E-state index is 0.116. The maximum atomic E-state index is 11.7. The van der Waals surface area contributed by atoms with E-state index in [-0.39, 0.29) is 12.5 Å². The molecule has 0 aliphatic rings. The Morgan fingerprint density at radius 2 is 2.33 bits per heavy atom. The maximum Gasteiger partial charge on any atom is 0.242 e. The SMILES string of the molecule is Cc1cc(N)n(CC(=O)NCc2snnc2C)n1. The molecule has 2 heterocycles. The zero-order chi connectivity index (χ0) is 13.1. The minimum atomic E-state index is -0.141. The van der Waals surface area contributed by atoms with Crippen LogP contribution in [0.25, 0.3) is 0 Å². The molecular weight excluding hydrogens is 252 g/mol. The molecule has 0 atom stereocenters. The van der Waals surface area contributed by atoms with Gasteiger partial charge in [0.25, 0.3) is 0 Å². The van der Waals surface area contributed by atoms with Crippen molar-refractivity contribution in [3.8, 4) is 0 Å². The summed E-state index contributed by atoms with van der Waals surface area (Å²) in [7, 11) is 0. The number of anilines is 1. The highest BCUT2D eigenvalue weighted by Gasteiger charge is 2.09. The van der Waals surface area contributed by atoms with Gasteiger partial charge in [-0.2, -0.15) is 5.10 Å². The number of hydrogen-bond acceptors (Lipinski definition) is 6. The third kappa shape index (κ3) is 2.83. The Labute approximate surface area is 108 Å².